The molecule has 9 nitrogen and oxygen atoms in total. The first-order chi connectivity index (χ1) is 15.3. The standard InChI is InChI=1S/C22H21FN4O5/c1-26(21(28)15-10-16(22(29)32-2)12-19(11-15)27(30)31)9-3-4-18-13-20(25-24-18)14-5-7-17(23)8-6-14/h5-8,10-13H,3-4,9H2,1-2H3,(H,24,25). The number of halogens is 1. The van der Waals surface area contributed by atoms with Crippen LogP contribution in [0.15, 0.2) is 48.5 Å². The topological polar surface area (TPSA) is 118 Å². The Balaban J connectivity index is 1.63. The molecule has 0 aliphatic heterocycles. The molecule has 166 valence electrons. The second-order valence-corrected chi connectivity index (χ2v) is 7.13. The Labute approximate surface area is 183 Å². The average Bonchev–Trinajstić information content (AvgIpc) is 3.26. The molecule has 10 heteroatoms. The molecule has 2 aromatic carbocycles. The lowest BCUT2D eigenvalue weighted by Crippen LogP contribution is -2.28. The molecule has 0 saturated carbocycles. The number of esters is 1. The molecule has 1 amide bonds. The number of nitro groups is 1. The number of nitro benzene ring substituents is 1. The van der Waals surface area contributed by atoms with Crippen LogP contribution in [0.5, 0.6) is 0 Å². The van der Waals surface area contributed by atoms with Crippen molar-refractivity contribution < 1.29 is 23.6 Å². The lowest BCUT2D eigenvalue weighted by atomic mass is 10.1. The molecule has 1 N–H and O–H groups in total. The quantitative estimate of drug-likeness (QED) is 0.325. The van der Waals surface area contributed by atoms with Crippen LogP contribution in [-0.4, -0.2) is 52.6 Å². The van der Waals surface area contributed by atoms with Crippen LogP contribution in [0.25, 0.3) is 11.3 Å². The van der Waals surface area contributed by atoms with Crippen molar-refractivity contribution in [1.29, 1.82) is 0 Å². The lowest BCUT2D eigenvalue weighted by molar-refractivity contribution is -0.384. The third-order valence-electron chi connectivity index (χ3n) is 4.85. The molecule has 0 saturated heterocycles. The van der Waals surface area contributed by atoms with Gasteiger partial charge in [-0.05, 0) is 49.2 Å². The molecular formula is C22H21FN4O5. The van der Waals surface area contributed by atoms with Crippen molar-refractivity contribution in [2.75, 3.05) is 20.7 Å². The summed E-state index contributed by atoms with van der Waals surface area (Å²) in [4.78, 5) is 36.4. The fourth-order valence-corrected chi connectivity index (χ4v) is 3.16. The SMILES string of the molecule is COC(=O)c1cc(C(=O)N(C)CCCc2cc(-c3ccc(F)cc3)n[nH]2)cc([N+](=O)[O-])c1. The Morgan fingerprint density at radius 1 is 1.16 bits per heavy atom. The maximum atomic E-state index is 13.1. The van der Waals surface area contributed by atoms with E-state index in [0.717, 1.165) is 30.5 Å². The minimum Gasteiger partial charge on any atom is -0.465 e. The van der Waals surface area contributed by atoms with Crippen molar-refractivity contribution in [3.8, 4) is 11.3 Å². The van der Waals surface area contributed by atoms with E-state index < -0.39 is 16.8 Å². The Bertz CT molecular complexity index is 1140. The van der Waals surface area contributed by atoms with Crippen LogP contribution in [-0.2, 0) is 11.2 Å². The summed E-state index contributed by atoms with van der Waals surface area (Å²) < 4.78 is 17.7. The van der Waals surface area contributed by atoms with Crippen LogP contribution in [0.1, 0.15) is 32.8 Å². The number of hydrogen-bond donors (Lipinski definition) is 1. The molecule has 32 heavy (non-hydrogen) atoms. The molecule has 0 atom stereocenters. The number of nitrogens with zero attached hydrogens (tertiary/aromatic N) is 3. The number of H-pyrrole nitrogens is 1. The minimum absolute atomic E-state index is 0.0298. The number of methoxy groups -OCH3 is 1. The summed E-state index contributed by atoms with van der Waals surface area (Å²) in [6.07, 6.45) is 1.21. The third kappa shape index (κ3) is 5.34. The highest BCUT2D eigenvalue weighted by atomic mass is 19.1. The smallest absolute Gasteiger partial charge is 0.338 e. The number of carbonyl (C=O) groups is 2. The molecular weight excluding hydrogens is 419 g/mol. The summed E-state index contributed by atoms with van der Waals surface area (Å²) in [7, 11) is 2.74. The Hall–Kier alpha value is -4.08. The van der Waals surface area contributed by atoms with E-state index in [-0.39, 0.29) is 22.6 Å². The zero-order valence-corrected chi connectivity index (χ0v) is 17.5. The molecule has 0 bridgehead atoms. The molecule has 0 aliphatic carbocycles. The summed E-state index contributed by atoms with van der Waals surface area (Å²) in [5.41, 5.74) is 1.93. The number of ether oxygens (including phenoxy) is 1. The third-order valence-corrected chi connectivity index (χ3v) is 4.85. The van der Waals surface area contributed by atoms with Crippen LogP contribution in [0, 0.1) is 15.9 Å². The van der Waals surface area contributed by atoms with E-state index in [2.05, 4.69) is 14.9 Å². The molecule has 0 unspecified atom stereocenters. The first-order valence-corrected chi connectivity index (χ1v) is 9.72. The summed E-state index contributed by atoms with van der Waals surface area (Å²) in [6, 6.07) is 11.4. The van der Waals surface area contributed by atoms with Crippen molar-refractivity contribution in [3.05, 3.63) is 81.3 Å². The molecule has 0 aliphatic rings. The molecule has 3 aromatic rings. The van der Waals surface area contributed by atoms with Gasteiger partial charge in [-0.1, -0.05) is 0 Å². The molecule has 0 radical (unpaired) electrons. The molecule has 0 fully saturated rings. The number of non-ortho nitro benzene ring substituents is 1. The Kier molecular flexibility index (Phi) is 6.93. The van der Waals surface area contributed by atoms with Gasteiger partial charge < -0.3 is 9.64 Å². The van der Waals surface area contributed by atoms with E-state index in [4.69, 9.17) is 0 Å². The number of aromatic nitrogens is 2. The van der Waals surface area contributed by atoms with E-state index in [1.54, 1.807) is 19.2 Å². The lowest BCUT2D eigenvalue weighted by Gasteiger charge is -2.17. The van der Waals surface area contributed by atoms with Gasteiger partial charge in [-0.25, -0.2) is 9.18 Å². The van der Waals surface area contributed by atoms with Gasteiger partial charge in [-0.15, -0.1) is 0 Å². The van der Waals surface area contributed by atoms with Gasteiger partial charge in [0, 0.05) is 42.5 Å². The van der Waals surface area contributed by atoms with Crippen LogP contribution >= 0.6 is 0 Å². The van der Waals surface area contributed by atoms with Gasteiger partial charge in [0.25, 0.3) is 11.6 Å². The van der Waals surface area contributed by atoms with Gasteiger partial charge >= 0.3 is 5.97 Å². The first kappa shape index (κ1) is 22.6. The van der Waals surface area contributed by atoms with E-state index in [1.807, 2.05) is 6.07 Å². The van der Waals surface area contributed by atoms with Gasteiger partial charge in [-0.3, -0.25) is 20.0 Å². The fraction of sp³-hybridized carbons (Fsp3) is 0.227. The van der Waals surface area contributed by atoms with Gasteiger partial charge in [0.05, 0.1) is 23.3 Å². The second-order valence-electron chi connectivity index (χ2n) is 7.13. The van der Waals surface area contributed by atoms with Crippen LogP contribution in [0.2, 0.25) is 0 Å². The Morgan fingerprint density at radius 2 is 1.84 bits per heavy atom. The number of nitrogens with one attached hydrogen (secondary N) is 1. The molecule has 1 aromatic heterocycles. The molecule has 3 rings (SSSR count). The maximum Gasteiger partial charge on any atom is 0.338 e. The highest BCUT2D eigenvalue weighted by Crippen LogP contribution is 2.20. The van der Waals surface area contributed by atoms with Crippen LogP contribution in [0.4, 0.5) is 10.1 Å². The number of aromatic amines is 1. The predicted molar refractivity (Wildman–Crippen MR) is 114 cm³/mol. The van der Waals surface area contributed by atoms with Gasteiger partial charge in [0.15, 0.2) is 0 Å². The highest BCUT2D eigenvalue weighted by Gasteiger charge is 2.20. The van der Waals surface area contributed by atoms with Gasteiger partial charge in [0.2, 0.25) is 0 Å². The highest BCUT2D eigenvalue weighted by molar-refractivity contribution is 5.98. The van der Waals surface area contributed by atoms with E-state index in [0.29, 0.717) is 25.1 Å². The predicted octanol–water partition coefficient (Wildman–Crippen LogP) is 3.62. The van der Waals surface area contributed by atoms with Crippen molar-refractivity contribution in [2.45, 2.75) is 12.8 Å². The molecule has 0 spiro atoms. The van der Waals surface area contributed by atoms with Crippen molar-refractivity contribution >= 4 is 17.6 Å². The number of amides is 1. The first-order valence-electron chi connectivity index (χ1n) is 9.72. The summed E-state index contributed by atoms with van der Waals surface area (Å²) in [5.74, 6) is -1.53. The fourth-order valence-electron chi connectivity index (χ4n) is 3.16. The monoisotopic (exact) mass is 440 g/mol. The zero-order valence-electron chi connectivity index (χ0n) is 17.5. The van der Waals surface area contributed by atoms with E-state index in [1.165, 1.54) is 23.1 Å². The average molecular weight is 440 g/mol. The number of hydrogen-bond acceptors (Lipinski definition) is 6. The van der Waals surface area contributed by atoms with Crippen LogP contribution < -0.4 is 0 Å². The number of rotatable bonds is 8. The normalized spacial score (nSPS) is 10.6. The number of aryl methyl sites for hydroxylation is 1. The van der Waals surface area contributed by atoms with Gasteiger partial charge in [0.1, 0.15) is 5.82 Å². The van der Waals surface area contributed by atoms with Crippen molar-refractivity contribution in [3.63, 3.8) is 0 Å². The maximum absolute atomic E-state index is 13.1. The van der Waals surface area contributed by atoms with Crippen molar-refractivity contribution in [2.24, 2.45) is 0 Å². The summed E-state index contributed by atoms with van der Waals surface area (Å²) in [5, 5.41) is 18.3. The number of carbonyl (C=O) groups excluding carboxylic acids is 2. The van der Waals surface area contributed by atoms with E-state index in [9.17, 15) is 24.1 Å². The largest absolute Gasteiger partial charge is 0.465 e. The van der Waals surface area contributed by atoms with Gasteiger partial charge in [-0.2, -0.15) is 5.10 Å². The minimum atomic E-state index is -0.762. The number of benzene rings is 2. The van der Waals surface area contributed by atoms with E-state index >= 15 is 0 Å². The zero-order chi connectivity index (χ0) is 23.3. The van der Waals surface area contributed by atoms with Crippen molar-refractivity contribution in [1.82, 2.24) is 15.1 Å². The van der Waals surface area contributed by atoms with Crippen LogP contribution in [0.3, 0.4) is 0 Å². The summed E-state index contributed by atoms with van der Waals surface area (Å²) >= 11 is 0. The summed E-state index contributed by atoms with van der Waals surface area (Å²) in [6.45, 7) is 0.375. The second kappa shape index (κ2) is 9.82. The Morgan fingerprint density at radius 3 is 2.50 bits per heavy atom. The molecule has 1 heterocycles.